The Labute approximate surface area is 176 Å². The van der Waals surface area contributed by atoms with Gasteiger partial charge in [-0.2, -0.15) is 0 Å². The Bertz CT molecular complexity index is 591. The fraction of sp³-hybridized carbons (Fsp3) is 0.750. The smallest absolute Gasteiger partial charge is 0.303 e. The molecule has 0 amide bonds. The number of methoxy groups -OCH3 is 1. The average Bonchev–Trinajstić information content (AvgIpc) is 3.07. The summed E-state index contributed by atoms with van der Waals surface area (Å²) >= 11 is 4.65. The number of aromatic nitrogens is 1. The fourth-order valence-corrected chi connectivity index (χ4v) is 4.11. The van der Waals surface area contributed by atoms with E-state index in [2.05, 4.69) is 41.7 Å². The van der Waals surface area contributed by atoms with E-state index < -0.39 is 0 Å². The molecule has 2 atom stereocenters. The molecule has 156 valence electrons. The highest BCUT2D eigenvalue weighted by atomic mass is 79.9. The molecule has 0 bridgehead atoms. The lowest BCUT2D eigenvalue weighted by molar-refractivity contribution is -0.151. The number of carbonyl (C=O) groups is 2. The van der Waals surface area contributed by atoms with Crippen molar-refractivity contribution in [2.75, 3.05) is 12.4 Å². The summed E-state index contributed by atoms with van der Waals surface area (Å²) in [6, 6.07) is 0. The Balaban J connectivity index is 0.000000713. The first-order valence-electron chi connectivity index (χ1n) is 9.24. The molecule has 27 heavy (non-hydrogen) atoms. The van der Waals surface area contributed by atoms with Crippen LogP contribution >= 0.6 is 27.3 Å². The van der Waals surface area contributed by atoms with Gasteiger partial charge in [0.05, 0.1) is 10.2 Å². The molecule has 0 saturated carbocycles. The lowest BCUT2D eigenvalue weighted by Crippen LogP contribution is -2.29. The maximum Gasteiger partial charge on any atom is 0.303 e. The van der Waals surface area contributed by atoms with Gasteiger partial charge in [-0.25, -0.2) is 4.98 Å². The van der Waals surface area contributed by atoms with E-state index in [1.807, 2.05) is 20.8 Å². The minimum Gasteiger partial charge on any atom is -0.460 e. The third-order valence-electron chi connectivity index (χ3n) is 4.08. The molecule has 0 saturated heterocycles. The third kappa shape index (κ3) is 9.30. The van der Waals surface area contributed by atoms with E-state index in [4.69, 9.17) is 9.47 Å². The topological polar surface area (TPSA) is 65.5 Å². The first-order chi connectivity index (χ1) is 12.4. The molecule has 7 heteroatoms. The first kappa shape index (κ1) is 26.2. The molecule has 2 unspecified atom stereocenters. The van der Waals surface area contributed by atoms with Gasteiger partial charge in [0.1, 0.15) is 16.2 Å². The van der Waals surface area contributed by atoms with Crippen LogP contribution in [0, 0.1) is 5.92 Å². The van der Waals surface area contributed by atoms with Crippen LogP contribution in [0.15, 0.2) is 6.20 Å². The Kier molecular flexibility index (Phi) is 11.6. The summed E-state index contributed by atoms with van der Waals surface area (Å²) in [7, 11) is 1.74. The summed E-state index contributed by atoms with van der Waals surface area (Å²) in [6.45, 7) is 13.5. The molecule has 0 radical (unpaired) electrons. The summed E-state index contributed by atoms with van der Waals surface area (Å²) in [6.07, 6.45) is 4.59. The van der Waals surface area contributed by atoms with Crippen LogP contribution in [0.1, 0.15) is 82.4 Å². The quantitative estimate of drug-likeness (QED) is 0.278. The molecule has 1 aromatic heterocycles. The van der Waals surface area contributed by atoms with Crippen molar-refractivity contribution in [2.24, 2.45) is 5.92 Å². The number of esters is 1. The number of nitrogens with zero attached hydrogens (tertiary/aromatic N) is 1. The highest BCUT2D eigenvalue weighted by Crippen LogP contribution is 2.38. The third-order valence-corrected chi connectivity index (χ3v) is 5.81. The molecule has 0 aliphatic heterocycles. The number of Topliss-reactive ketones (excluding diaryl/α,β-unsaturated/α-hetero) is 1. The van der Waals surface area contributed by atoms with E-state index in [-0.39, 0.29) is 23.0 Å². The Hall–Kier alpha value is -0.790. The summed E-state index contributed by atoms with van der Waals surface area (Å²) in [5.41, 5.74) is -0.684. The van der Waals surface area contributed by atoms with Crippen LogP contribution in [0.4, 0.5) is 0 Å². The number of halogens is 1. The molecular formula is C20H34BrNO4S. The van der Waals surface area contributed by atoms with E-state index in [1.165, 1.54) is 18.3 Å². The van der Waals surface area contributed by atoms with Crippen molar-refractivity contribution < 1.29 is 19.1 Å². The Morgan fingerprint density at radius 1 is 1.30 bits per heavy atom. The fourth-order valence-electron chi connectivity index (χ4n) is 2.52. The van der Waals surface area contributed by atoms with E-state index in [0.717, 1.165) is 24.3 Å². The second kappa shape index (κ2) is 11.9. The van der Waals surface area contributed by atoms with Gasteiger partial charge in [-0.1, -0.05) is 43.1 Å². The van der Waals surface area contributed by atoms with Crippen molar-refractivity contribution in [1.29, 1.82) is 0 Å². The lowest BCUT2D eigenvalue weighted by atomic mass is 9.88. The zero-order valence-corrected chi connectivity index (χ0v) is 20.3. The SMILES string of the molecule is CC(=O)OC(C)(C)C.CCC(C)CC(CC)(OC)c1ncc(C(=O)CBr)s1. The van der Waals surface area contributed by atoms with Crippen LogP contribution in [0.2, 0.25) is 0 Å². The van der Waals surface area contributed by atoms with E-state index in [9.17, 15) is 9.59 Å². The van der Waals surface area contributed by atoms with Gasteiger partial charge in [-0.3, -0.25) is 9.59 Å². The molecule has 1 rings (SSSR count). The second-order valence-corrected chi connectivity index (χ2v) is 9.15. The molecule has 0 fully saturated rings. The summed E-state index contributed by atoms with van der Waals surface area (Å²) in [5, 5.41) is 1.26. The van der Waals surface area contributed by atoms with Gasteiger partial charge in [0, 0.05) is 20.2 Å². The molecular weight excluding hydrogens is 430 g/mol. The van der Waals surface area contributed by atoms with Crippen molar-refractivity contribution in [3.05, 3.63) is 16.1 Å². The molecule has 0 aromatic carbocycles. The van der Waals surface area contributed by atoms with Crippen LogP contribution in [0.5, 0.6) is 0 Å². The van der Waals surface area contributed by atoms with Crippen molar-refractivity contribution >= 4 is 39.0 Å². The van der Waals surface area contributed by atoms with Gasteiger partial charge in [0.25, 0.3) is 0 Å². The zero-order chi connectivity index (χ0) is 21.3. The summed E-state index contributed by atoms with van der Waals surface area (Å²) < 4.78 is 10.6. The van der Waals surface area contributed by atoms with E-state index in [1.54, 1.807) is 13.3 Å². The Morgan fingerprint density at radius 2 is 1.89 bits per heavy atom. The van der Waals surface area contributed by atoms with Crippen molar-refractivity contribution in [1.82, 2.24) is 4.98 Å². The lowest BCUT2D eigenvalue weighted by Gasteiger charge is -2.31. The zero-order valence-electron chi connectivity index (χ0n) is 17.8. The maximum absolute atomic E-state index is 11.7. The average molecular weight is 464 g/mol. The van der Waals surface area contributed by atoms with Crippen LogP contribution in [0.25, 0.3) is 0 Å². The summed E-state index contributed by atoms with van der Waals surface area (Å²) in [5.74, 6) is 0.421. The largest absolute Gasteiger partial charge is 0.460 e. The monoisotopic (exact) mass is 463 g/mol. The number of alkyl halides is 1. The maximum atomic E-state index is 11.7. The molecule has 1 heterocycles. The van der Waals surface area contributed by atoms with Crippen LogP contribution < -0.4 is 0 Å². The Morgan fingerprint density at radius 3 is 2.22 bits per heavy atom. The van der Waals surface area contributed by atoms with Crippen LogP contribution in [0.3, 0.4) is 0 Å². The van der Waals surface area contributed by atoms with Gasteiger partial charge < -0.3 is 9.47 Å². The number of ketones is 1. The minimum atomic E-state index is -0.356. The number of hydrogen-bond acceptors (Lipinski definition) is 6. The van der Waals surface area contributed by atoms with Gasteiger partial charge in [0.15, 0.2) is 5.78 Å². The summed E-state index contributed by atoms with van der Waals surface area (Å²) in [4.78, 5) is 27.1. The predicted molar refractivity (Wildman–Crippen MR) is 115 cm³/mol. The van der Waals surface area contributed by atoms with Crippen molar-refractivity contribution in [3.63, 3.8) is 0 Å². The van der Waals surface area contributed by atoms with Crippen LogP contribution in [-0.2, 0) is 19.9 Å². The number of rotatable bonds is 8. The molecule has 0 aliphatic carbocycles. The van der Waals surface area contributed by atoms with E-state index >= 15 is 0 Å². The first-order valence-corrected chi connectivity index (χ1v) is 11.2. The van der Waals surface area contributed by atoms with Gasteiger partial charge in [-0.15, -0.1) is 11.3 Å². The number of thiazole rings is 1. The molecule has 0 spiro atoms. The minimum absolute atomic E-state index is 0.0772. The highest BCUT2D eigenvalue weighted by Gasteiger charge is 2.35. The molecule has 0 aliphatic rings. The van der Waals surface area contributed by atoms with Crippen LogP contribution in [-0.4, -0.2) is 34.8 Å². The molecule has 5 nitrogen and oxygen atoms in total. The van der Waals surface area contributed by atoms with Crippen molar-refractivity contribution in [2.45, 2.75) is 78.9 Å². The number of carbonyl (C=O) groups excluding carboxylic acids is 2. The van der Waals surface area contributed by atoms with Gasteiger partial charge in [-0.05, 0) is 39.5 Å². The van der Waals surface area contributed by atoms with Gasteiger partial charge in [0.2, 0.25) is 0 Å². The normalized spacial score (nSPS) is 14.6. The standard InChI is InChI=1S/C14H22BrNO2S.C6H12O2/c1-5-10(3)7-14(6-2,18-4)13-16-9-12(19-13)11(17)8-15;1-5(7)8-6(2,3)4/h9-10H,5-8H2,1-4H3;1-4H3. The van der Waals surface area contributed by atoms with Crippen molar-refractivity contribution in [3.8, 4) is 0 Å². The van der Waals surface area contributed by atoms with E-state index in [0.29, 0.717) is 16.1 Å². The predicted octanol–water partition coefficient (Wildman–Crippen LogP) is 5.76. The molecule has 1 aromatic rings. The van der Waals surface area contributed by atoms with Gasteiger partial charge >= 0.3 is 5.97 Å². The second-order valence-electron chi connectivity index (χ2n) is 7.56. The number of ether oxygens (including phenoxy) is 2. The number of hydrogen-bond donors (Lipinski definition) is 0. The highest BCUT2D eigenvalue weighted by molar-refractivity contribution is 9.09. The molecule has 0 N–H and O–H groups in total.